The van der Waals surface area contributed by atoms with Crippen molar-refractivity contribution in [2.24, 2.45) is 5.92 Å². The quantitative estimate of drug-likeness (QED) is 0.686. The van der Waals surface area contributed by atoms with E-state index >= 15 is 0 Å². The van der Waals surface area contributed by atoms with E-state index in [0.29, 0.717) is 0 Å². The largest absolute Gasteiger partial charge is 0.384 e. The zero-order valence-corrected chi connectivity index (χ0v) is 10.5. The van der Waals surface area contributed by atoms with Gasteiger partial charge in [0.05, 0.1) is 18.6 Å². The molecule has 0 spiro atoms. The van der Waals surface area contributed by atoms with Gasteiger partial charge in [0.25, 0.3) is 5.92 Å². The fourth-order valence-corrected chi connectivity index (χ4v) is 3.17. The number of aliphatic hydroxyl groups is 1. The molecule has 3 aliphatic rings. The van der Waals surface area contributed by atoms with E-state index in [1.165, 1.54) is 5.06 Å². The Kier molecular flexibility index (Phi) is 2.54. The van der Waals surface area contributed by atoms with Crippen molar-refractivity contribution >= 4 is 0 Å². The van der Waals surface area contributed by atoms with Crippen LogP contribution >= 0.6 is 0 Å². The fourth-order valence-electron chi connectivity index (χ4n) is 3.17. The molecule has 104 valence electrons. The van der Waals surface area contributed by atoms with Gasteiger partial charge in [0.1, 0.15) is 18.3 Å². The van der Waals surface area contributed by atoms with E-state index in [1.807, 2.05) is 0 Å². The molecular weight excluding hydrogens is 248 g/mol. The molecule has 1 aliphatic carbocycles. The van der Waals surface area contributed by atoms with Gasteiger partial charge in [0.15, 0.2) is 5.79 Å². The number of rotatable bonds is 0. The highest BCUT2D eigenvalue weighted by Gasteiger charge is 2.68. The zero-order valence-electron chi connectivity index (χ0n) is 10.5. The maximum Gasteiger partial charge on any atom is 0.282 e. The number of likely N-dealkylation sites (N-methyl/N-ethyl adjacent to an activating group) is 1. The van der Waals surface area contributed by atoms with Crippen LogP contribution in [0.25, 0.3) is 0 Å². The second kappa shape index (κ2) is 3.61. The molecule has 1 N–H and O–H groups in total. The van der Waals surface area contributed by atoms with E-state index in [0.717, 1.165) is 0 Å². The molecule has 18 heavy (non-hydrogen) atoms. The maximum absolute atomic E-state index is 14.1. The molecule has 5 atom stereocenters. The molecule has 3 rings (SSSR count). The second-order valence-electron chi connectivity index (χ2n) is 5.62. The number of halogens is 2. The van der Waals surface area contributed by atoms with Crippen molar-refractivity contribution < 1.29 is 28.2 Å². The van der Waals surface area contributed by atoms with Crippen molar-refractivity contribution in [2.75, 3.05) is 13.7 Å². The summed E-state index contributed by atoms with van der Waals surface area (Å²) >= 11 is 0. The summed E-state index contributed by atoms with van der Waals surface area (Å²) in [4.78, 5) is 5.17. The third-order valence-corrected chi connectivity index (χ3v) is 3.99. The van der Waals surface area contributed by atoms with Crippen molar-refractivity contribution in [2.45, 2.75) is 49.9 Å². The van der Waals surface area contributed by atoms with E-state index in [-0.39, 0.29) is 6.61 Å². The number of hydrogen-bond donors (Lipinski definition) is 1. The zero-order chi connectivity index (χ0) is 13.3. The number of alkyl halides is 2. The molecule has 0 bridgehead atoms. The molecule has 0 amide bonds. The molecule has 3 fully saturated rings. The highest BCUT2D eigenvalue weighted by atomic mass is 19.3. The molecule has 2 aliphatic heterocycles. The molecule has 1 saturated carbocycles. The number of hydrogen-bond acceptors (Lipinski definition) is 5. The van der Waals surface area contributed by atoms with Gasteiger partial charge in [-0.2, -0.15) is 5.06 Å². The van der Waals surface area contributed by atoms with Crippen molar-refractivity contribution in [1.29, 1.82) is 0 Å². The van der Waals surface area contributed by atoms with Gasteiger partial charge in [0.2, 0.25) is 0 Å². The molecule has 2 heterocycles. The molecule has 0 aromatic heterocycles. The first kappa shape index (κ1) is 12.7. The Bertz CT molecular complexity index is 365. The summed E-state index contributed by atoms with van der Waals surface area (Å²) in [7, 11) is 1.60. The van der Waals surface area contributed by atoms with Crippen LogP contribution in [-0.4, -0.2) is 59.9 Å². The van der Waals surface area contributed by atoms with Gasteiger partial charge >= 0.3 is 0 Å². The van der Waals surface area contributed by atoms with Crippen molar-refractivity contribution in [3.05, 3.63) is 0 Å². The first-order valence-electron chi connectivity index (χ1n) is 6.01. The molecular formula is C11H17F2NO4. The van der Waals surface area contributed by atoms with Crippen LogP contribution < -0.4 is 0 Å². The normalized spacial score (nSPS) is 50.0. The van der Waals surface area contributed by atoms with E-state index in [2.05, 4.69) is 0 Å². The summed E-state index contributed by atoms with van der Waals surface area (Å²) in [5.74, 6) is -5.28. The molecule has 0 radical (unpaired) electrons. The minimum absolute atomic E-state index is 0.113. The lowest BCUT2D eigenvalue weighted by molar-refractivity contribution is -0.222. The lowest BCUT2D eigenvalue weighted by Crippen LogP contribution is -2.64. The first-order valence-corrected chi connectivity index (χ1v) is 6.01. The Morgan fingerprint density at radius 3 is 2.50 bits per heavy atom. The molecule has 7 heteroatoms. The summed E-state index contributed by atoms with van der Waals surface area (Å²) in [5, 5.41) is 11.2. The number of ether oxygens (including phenoxy) is 2. The topological polar surface area (TPSA) is 51.2 Å². The Hall–Kier alpha value is -0.340. The summed E-state index contributed by atoms with van der Waals surface area (Å²) in [5.41, 5.74) is 0. The Morgan fingerprint density at radius 2 is 1.83 bits per heavy atom. The van der Waals surface area contributed by atoms with Gasteiger partial charge in [-0.05, 0) is 13.8 Å². The highest BCUT2D eigenvalue weighted by Crippen LogP contribution is 2.49. The first-order chi connectivity index (χ1) is 8.24. The Morgan fingerprint density at radius 1 is 1.22 bits per heavy atom. The van der Waals surface area contributed by atoms with Crippen LogP contribution in [0.1, 0.15) is 13.8 Å². The minimum Gasteiger partial charge on any atom is -0.384 e. The average molecular weight is 265 g/mol. The number of hydroxylamine groups is 2. The molecule has 2 saturated heterocycles. The van der Waals surface area contributed by atoms with Gasteiger partial charge in [-0.1, -0.05) is 0 Å². The van der Waals surface area contributed by atoms with Crippen molar-refractivity contribution in [1.82, 2.24) is 5.06 Å². The molecule has 0 aromatic rings. The van der Waals surface area contributed by atoms with Crippen molar-refractivity contribution in [3.63, 3.8) is 0 Å². The highest BCUT2D eigenvalue weighted by molar-refractivity contribution is 5.10. The predicted molar refractivity (Wildman–Crippen MR) is 55.8 cm³/mol. The Labute approximate surface area is 104 Å². The summed E-state index contributed by atoms with van der Waals surface area (Å²) in [6.45, 7) is 3.19. The van der Waals surface area contributed by atoms with Gasteiger partial charge in [-0.25, -0.2) is 8.78 Å². The van der Waals surface area contributed by atoms with Gasteiger partial charge < -0.3 is 14.6 Å². The van der Waals surface area contributed by atoms with Crippen LogP contribution in [0, 0.1) is 5.92 Å². The smallest absolute Gasteiger partial charge is 0.282 e. The van der Waals surface area contributed by atoms with E-state index in [4.69, 9.17) is 14.3 Å². The summed E-state index contributed by atoms with van der Waals surface area (Å²) in [6.07, 6.45) is -3.49. The number of aliphatic hydroxyl groups excluding tert-OH is 1. The van der Waals surface area contributed by atoms with Crippen LogP contribution in [0.4, 0.5) is 8.78 Å². The summed E-state index contributed by atoms with van der Waals surface area (Å²) in [6, 6.07) is -0.602. The van der Waals surface area contributed by atoms with E-state index in [9.17, 15) is 13.9 Å². The van der Waals surface area contributed by atoms with Crippen LogP contribution in [0.3, 0.4) is 0 Å². The van der Waals surface area contributed by atoms with Crippen LogP contribution in [0.15, 0.2) is 0 Å². The second-order valence-corrected chi connectivity index (χ2v) is 5.62. The van der Waals surface area contributed by atoms with Crippen molar-refractivity contribution in [3.8, 4) is 0 Å². The maximum atomic E-state index is 14.1. The van der Waals surface area contributed by atoms with Gasteiger partial charge in [-0.3, -0.25) is 4.84 Å². The fraction of sp³-hybridized carbons (Fsp3) is 1.00. The lowest BCUT2D eigenvalue weighted by atomic mass is 9.77. The Balaban J connectivity index is 1.99. The van der Waals surface area contributed by atoms with E-state index < -0.39 is 42.0 Å². The lowest BCUT2D eigenvalue weighted by Gasteiger charge is -2.42. The SMILES string of the molecule is CN1OC[C@@H]2[C@H]1[C@H]1OC(C)(C)O[C@H]1[C@H](O)C2(F)F. The third-order valence-electron chi connectivity index (χ3n) is 3.99. The number of nitrogens with zero attached hydrogens (tertiary/aromatic N) is 1. The predicted octanol–water partition coefficient (Wildman–Crippen LogP) is 0.378. The van der Waals surface area contributed by atoms with E-state index in [1.54, 1.807) is 20.9 Å². The molecule has 0 unspecified atom stereocenters. The molecule has 0 aromatic carbocycles. The van der Waals surface area contributed by atoms with Crippen LogP contribution in [0.2, 0.25) is 0 Å². The van der Waals surface area contributed by atoms with Crippen LogP contribution in [-0.2, 0) is 14.3 Å². The minimum atomic E-state index is -3.24. The monoisotopic (exact) mass is 265 g/mol. The standard InChI is InChI=1S/C11H17F2NO4/c1-10(2)17-7-6-5(4-16-14(6)3)11(12,13)9(15)8(7)18-10/h5-9,15H,4H2,1-3H3/t5-,6+,7-,8-,9+/m1/s1. The van der Waals surface area contributed by atoms with Gasteiger partial charge in [0, 0.05) is 7.05 Å². The number of fused-ring (bicyclic) bond motifs is 3. The van der Waals surface area contributed by atoms with Crippen LogP contribution in [0.5, 0.6) is 0 Å². The average Bonchev–Trinajstić information content (AvgIpc) is 2.76. The third kappa shape index (κ3) is 1.55. The summed E-state index contributed by atoms with van der Waals surface area (Å²) < 4.78 is 39.3. The van der Waals surface area contributed by atoms with Gasteiger partial charge in [-0.15, -0.1) is 0 Å². The molecule has 5 nitrogen and oxygen atoms in total.